The van der Waals surface area contributed by atoms with Crippen molar-refractivity contribution in [1.29, 1.82) is 0 Å². The Bertz CT molecular complexity index is 699. The molecule has 2 amide bonds. The van der Waals surface area contributed by atoms with Crippen LogP contribution in [0.1, 0.15) is 25.0 Å². The van der Waals surface area contributed by atoms with Gasteiger partial charge in [0.15, 0.2) is 11.5 Å². The molecular weight excluding hydrogens is 316 g/mol. The summed E-state index contributed by atoms with van der Waals surface area (Å²) in [6, 6.07) is 13.4. The lowest BCUT2D eigenvalue weighted by Crippen LogP contribution is -2.34. The summed E-state index contributed by atoms with van der Waals surface area (Å²) in [6.45, 7) is 7.59. The van der Waals surface area contributed by atoms with Crippen molar-refractivity contribution in [2.45, 2.75) is 27.3 Å². The number of carbonyl (C=O) groups is 1. The predicted octanol–water partition coefficient (Wildman–Crippen LogP) is 4.46. The van der Waals surface area contributed by atoms with Gasteiger partial charge < -0.3 is 19.7 Å². The summed E-state index contributed by atoms with van der Waals surface area (Å²) >= 11 is 0. The molecule has 5 nitrogen and oxygen atoms in total. The molecule has 0 aliphatic rings. The van der Waals surface area contributed by atoms with Crippen LogP contribution in [0.4, 0.5) is 10.5 Å². The largest absolute Gasteiger partial charge is 0.493 e. The average molecular weight is 342 g/mol. The number of carbonyl (C=O) groups excluding carboxylic acids is 1. The second-order valence-electron chi connectivity index (χ2n) is 5.73. The topological polar surface area (TPSA) is 50.8 Å². The van der Waals surface area contributed by atoms with Crippen LogP contribution >= 0.6 is 0 Å². The lowest BCUT2D eigenvalue weighted by atomic mass is 10.2. The van der Waals surface area contributed by atoms with E-state index in [1.54, 1.807) is 12.0 Å². The molecule has 0 heterocycles. The fraction of sp³-hybridized carbons (Fsp3) is 0.350. The molecule has 0 spiro atoms. The number of anilines is 1. The molecule has 0 aliphatic heterocycles. The molecule has 2 rings (SSSR count). The first-order chi connectivity index (χ1) is 12.1. The molecule has 0 unspecified atom stereocenters. The minimum absolute atomic E-state index is 0.126. The van der Waals surface area contributed by atoms with Crippen molar-refractivity contribution >= 4 is 11.7 Å². The summed E-state index contributed by atoms with van der Waals surface area (Å²) < 4.78 is 10.9. The molecule has 0 saturated carbocycles. The highest BCUT2D eigenvalue weighted by atomic mass is 16.5. The summed E-state index contributed by atoms with van der Waals surface area (Å²) in [4.78, 5) is 14.3. The highest BCUT2D eigenvalue weighted by Crippen LogP contribution is 2.28. The van der Waals surface area contributed by atoms with Gasteiger partial charge in [-0.1, -0.05) is 23.8 Å². The van der Waals surface area contributed by atoms with Crippen molar-refractivity contribution in [3.63, 3.8) is 0 Å². The molecule has 0 radical (unpaired) electrons. The summed E-state index contributed by atoms with van der Waals surface area (Å²) in [5.74, 6) is 1.38. The standard InChI is InChI=1S/C20H26N2O3/c1-5-22(20(23)21-17-10-7-15(3)8-11-17)14-16-9-12-18(25-6-2)19(13-16)24-4/h7-13H,5-6,14H2,1-4H3,(H,21,23). The molecule has 0 fully saturated rings. The Kier molecular flexibility index (Phi) is 6.69. The number of urea groups is 1. The van der Waals surface area contributed by atoms with Crippen LogP contribution in [0.15, 0.2) is 42.5 Å². The quantitative estimate of drug-likeness (QED) is 0.808. The molecule has 0 saturated heterocycles. The minimum Gasteiger partial charge on any atom is -0.493 e. The number of ether oxygens (including phenoxy) is 2. The molecule has 0 aliphatic carbocycles. The van der Waals surface area contributed by atoms with Gasteiger partial charge in [-0.3, -0.25) is 0 Å². The second-order valence-corrected chi connectivity index (χ2v) is 5.73. The van der Waals surface area contributed by atoms with E-state index in [2.05, 4.69) is 5.32 Å². The maximum atomic E-state index is 12.5. The fourth-order valence-corrected chi connectivity index (χ4v) is 2.47. The van der Waals surface area contributed by atoms with Crippen molar-refractivity contribution in [3.05, 3.63) is 53.6 Å². The number of methoxy groups -OCH3 is 1. The number of aryl methyl sites for hydroxylation is 1. The summed E-state index contributed by atoms with van der Waals surface area (Å²) in [5, 5.41) is 2.93. The lowest BCUT2D eigenvalue weighted by Gasteiger charge is -2.22. The molecular formula is C20H26N2O3. The van der Waals surface area contributed by atoms with Crippen LogP contribution in [0.3, 0.4) is 0 Å². The van der Waals surface area contributed by atoms with Crippen LogP contribution in [0.5, 0.6) is 11.5 Å². The maximum absolute atomic E-state index is 12.5. The number of benzene rings is 2. The smallest absolute Gasteiger partial charge is 0.322 e. The first kappa shape index (κ1) is 18.6. The SMILES string of the molecule is CCOc1ccc(CN(CC)C(=O)Nc2ccc(C)cc2)cc1OC. The normalized spacial score (nSPS) is 10.2. The molecule has 5 heteroatoms. The van der Waals surface area contributed by atoms with E-state index in [0.29, 0.717) is 31.2 Å². The zero-order chi connectivity index (χ0) is 18.2. The van der Waals surface area contributed by atoms with Gasteiger partial charge in [-0.05, 0) is 50.6 Å². The highest BCUT2D eigenvalue weighted by Gasteiger charge is 2.14. The van der Waals surface area contributed by atoms with E-state index >= 15 is 0 Å². The van der Waals surface area contributed by atoms with Gasteiger partial charge in [-0.2, -0.15) is 0 Å². The summed E-state index contributed by atoms with van der Waals surface area (Å²) in [6.07, 6.45) is 0. The van der Waals surface area contributed by atoms with Gasteiger partial charge in [-0.15, -0.1) is 0 Å². The van der Waals surface area contributed by atoms with Crippen molar-refractivity contribution in [1.82, 2.24) is 4.90 Å². The second kappa shape index (κ2) is 8.97. The van der Waals surface area contributed by atoms with Gasteiger partial charge in [0.25, 0.3) is 0 Å². The Morgan fingerprint density at radius 2 is 1.80 bits per heavy atom. The van der Waals surface area contributed by atoms with Crippen LogP contribution < -0.4 is 14.8 Å². The van der Waals surface area contributed by atoms with Crippen LogP contribution in [0, 0.1) is 6.92 Å². The number of nitrogens with zero attached hydrogens (tertiary/aromatic N) is 1. The third kappa shape index (κ3) is 5.14. The number of amides is 2. The van der Waals surface area contributed by atoms with Crippen molar-refractivity contribution in [2.24, 2.45) is 0 Å². The van der Waals surface area contributed by atoms with Gasteiger partial charge in [0.05, 0.1) is 13.7 Å². The van der Waals surface area contributed by atoms with E-state index in [1.807, 2.05) is 63.2 Å². The first-order valence-corrected chi connectivity index (χ1v) is 8.49. The molecule has 25 heavy (non-hydrogen) atoms. The zero-order valence-corrected chi connectivity index (χ0v) is 15.3. The highest BCUT2D eigenvalue weighted by molar-refractivity contribution is 5.89. The monoisotopic (exact) mass is 342 g/mol. The Morgan fingerprint density at radius 1 is 1.08 bits per heavy atom. The van der Waals surface area contributed by atoms with E-state index < -0.39 is 0 Å². The molecule has 2 aromatic rings. The van der Waals surface area contributed by atoms with Gasteiger partial charge in [0.1, 0.15) is 0 Å². The van der Waals surface area contributed by atoms with Gasteiger partial charge in [0.2, 0.25) is 0 Å². The molecule has 1 N–H and O–H groups in total. The number of nitrogens with one attached hydrogen (secondary N) is 1. The lowest BCUT2D eigenvalue weighted by molar-refractivity contribution is 0.212. The van der Waals surface area contributed by atoms with E-state index in [1.165, 1.54) is 0 Å². The van der Waals surface area contributed by atoms with Crippen LogP contribution in [0.2, 0.25) is 0 Å². The van der Waals surface area contributed by atoms with Crippen molar-refractivity contribution in [2.75, 3.05) is 25.6 Å². The fourth-order valence-electron chi connectivity index (χ4n) is 2.47. The number of rotatable bonds is 7. The Hall–Kier alpha value is -2.69. The minimum atomic E-state index is -0.126. The van der Waals surface area contributed by atoms with E-state index in [4.69, 9.17) is 9.47 Å². The van der Waals surface area contributed by atoms with Crippen LogP contribution in [-0.2, 0) is 6.54 Å². The maximum Gasteiger partial charge on any atom is 0.322 e. The summed E-state index contributed by atoms with van der Waals surface area (Å²) in [5.41, 5.74) is 2.94. The van der Waals surface area contributed by atoms with Crippen LogP contribution in [-0.4, -0.2) is 31.2 Å². The molecule has 0 aromatic heterocycles. The summed E-state index contributed by atoms with van der Waals surface area (Å²) in [7, 11) is 1.61. The van der Waals surface area contributed by atoms with Crippen molar-refractivity contribution in [3.8, 4) is 11.5 Å². The van der Waals surface area contributed by atoms with E-state index in [-0.39, 0.29) is 6.03 Å². The molecule has 0 bridgehead atoms. The van der Waals surface area contributed by atoms with Crippen molar-refractivity contribution < 1.29 is 14.3 Å². The van der Waals surface area contributed by atoms with Gasteiger partial charge >= 0.3 is 6.03 Å². The average Bonchev–Trinajstić information content (AvgIpc) is 2.62. The Balaban J connectivity index is 2.07. The van der Waals surface area contributed by atoms with E-state index in [9.17, 15) is 4.79 Å². The van der Waals surface area contributed by atoms with Crippen LogP contribution in [0.25, 0.3) is 0 Å². The Morgan fingerprint density at radius 3 is 2.40 bits per heavy atom. The number of hydrogen-bond donors (Lipinski definition) is 1. The first-order valence-electron chi connectivity index (χ1n) is 8.49. The number of hydrogen-bond acceptors (Lipinski definition) is 3. The Labute approximate surface area is 149 Å². The van der Waals surface area contributed by atoms with Gasteiger partial charge in [0, 0.05) is 18.8 Å². The zero-order valence-electron chi connectivity index (χ0n) is 15.3. The predicted molar refractivity (Wildman–Crippen MR) is 100 cm³/mol. The van der Waals surface area contributed by atoms with Gasteiger partial charge in [-0.25, -0.2) is 4.79 Å². The molecule has 134 valence electrons. The molecule has 2 aromatic carbocycles. The van der Waals surface area contributed by atoms with E-state index in [0.717, 1.165) is 16.8 Å². The molecule has 0 atom stereocenters. The third-order valence-corrected chi connectivity index (χ3v) is 3.87. The third-order valence-electron chi connectivity index (χ3n) is 3.87.